The molecule has 0 amide bonds. The van der Waals surface area contributed by atoms with E-state index in [1.165, 1.54) is 6.08 Å². The Kier molecular flexibility index (Phi) is 2.89. The minimum Gasteiger partial charge on any atom is -0.383 e. The zero-order valence-electron chi connectivity index (χ0n) is 6.87. The van der Waals surface area contributed by atoms with Crippen LogP contribution in [-0.4, -0.2) is 14.7 Å². The number of rotatable bonds is 3. The number of hydrogen-bond donors (Lipinski definition) is 1. The van der Waals surface area contributed by atoms with Gasteiger partial charge in [0.15, 0.2) is 5.15 Å². The van der Waals surface area contributed by atoms with Crippen molar-refractivity contribution >= 4 is 11.6 Å². The Morgan fingerprint density at radius 3 is 3.08 bits per heavy atom. The first kappa shape index (κ1) is 9.29. The van der Waals surface area contributed by atoms with Gasteiger partial charge in [-0.15, -0.1) is 6.58 Å². The predicted molar refractivity (Wildman–Crippen MR) is 48.1 cm³/mol. The maximum absolute atomic E-state index is 9.45. The van der Waals surface area contributed by atoms with Crippen LogP contribution in [0.4, 0.5) is 0 Å². The van der Waals surface area contributed by atoms with Gasteiger partial charge in [0.1, 0.15) is 6.10 Å². The number of imidazole rings is 1. The molecule has 1 rings (SSSR count). The topological polar surface area (TPSA) is 38.1 Å². The first-order valence-electron chi connectivity index (χ1n) is 3.71. The second-order valence-corrected chi connectivity index (χ2v) is 2.75. The molecule has 1 heterocycles. The molecule has 0 aliphatic heterocycles. The minimum atomic E-state index is -0.736. The summed E-state index contributed by atoms with van der Waals surface area (Å²) in [7, 11) is 0. The van der Waals surface area contributed by atoms with Crippen LogP contribution in [0.1, 0.15) is 18.7 Å². The minimum absolute atomic E-state index is 0.337. The Labute approximate surface area is 76.3 Å². The summed E-state index contributed by atoms with van der Waals surface area (Å²) in [6, 6.07) is 0. The van der Waals surface area contributed by atoms with Gasteiger partial charge in [-0.25, -0.2) is 4.98 Å². The van der Waals surface area contributed by atoms with Crippen LogP contribution in [-0.2, 0) is 6.54 Å². The van der Waals surface area contributed by atoms with Crippen molar-refractivity contribution in [2.45, 2.75) is 19.6 Å². The van der Waals surface area contributed by atoms with Crippen molar-refractivity contribution in [2.75, 3.05) is 0 Å². The number of halogens is 1. The van der Waals surface area contributed by atoms with Crippen molar-refractivity contribution in [3.63, 3.8) is 0 Å². The lowest BCUT2D eigenvalue weighted by Crippen LogP contribution is -2.03. The highest BCUT2D eigenvalue weighted by atomic mass is 35.5. The summed E-state index contributed by atoms with van der Waals surface area (Å²) in [6.45, 7) is 6.18. The van der Waals surface area contributed by atoms with E-state index in [0.29, 0.717) is 10.8 Å². The molecule has 1 unspecified atom stereocenters. The maximum atomic E-state index is 9.45. The van der Waals surface area contributed by atoms with Gasteiger partial charge >= 0.3 is 0 Å². The molecule has 0 saturated heterocycles. The molecule has 1 atom stereocenters. The van der Waals surface area contributed by atoms with E-state index in [0.717, 1.165) is 6.54 Å². The highest BCUT2D eigenvalue weighted by Crippen LogP contribution is 2.21. The molecule has 66 valence electrons. The monoisotopic (exact) mass is 186 g/mol. The molecule has 0 fully saturated rings. The normalized spacial score (nSPS) is 12.9. The van der Waals surface area contributed by atoms with Crippen LogP contribution in [0.25, 0.3) is 0 Å². The van der Waals surface area contributed by atoms with Crippen molar-refractivity contribution in [1.29, 1.82) is 0 Å². The van der Waals surface area contributed by atoms with Gasteiger partial charge in [0.05, 0.1) is 12.0 Å². The van der Waals surface area contributed by atoms with Gasteiger partial charge < -0.3 is 9.67 Å². The molecule has 3 nitrogen and oxygen atoms in total. The van der Waals surface area contributed by atoms with E-state index in [9.17, 15) is 5.11 Å². The second kappa shape index (κ2) is 3.74. The Morgan fingerprint density at radius 1 is 1.92 bits per heavy atom. The second-order valence-electron chi connectivity index (χ2n) is 2.39. The zero-order chi connectivity index (χ0) is 9.14. The fraction of sp³-hybridized carbons (Fsp3) is 0.375. The van der Waals surface area contributed by atoms with Crippen molar-refractivity contribution in [3.05, 3.63) is 29.8 Å². The number of aliphatic hydroxyl groups is 1. The molecule has 1 aromatic heterocycles. The number of hydrogen-bond acceptors (Lipinski definition) is 2. The SMILES string of the molecule is C=CC(O)c1c(Cl)ncn1CC. The number of aliphatic hydroxyl groups excluding tert-OH is 1. The van der Waals surface area contributed by atoms with E-state index in [4.69, 9.17) is 11.6 Å². The Morgan fingerprint density at radius 2 is 2.58 bits per heavy atom. The third kappa shape index (κ3) is 1.52. The molecule has 0 aliphatic rings. The van der Waals surface area contributed by atoms with Crippen molar-refractivity contribution in [1.82, 2.24) is 9.55 Å². The predicted octanol–water partition coefficient (Wildman–Crippen LogP) is 1.78. The molecule has 4 heteroatoms. The smallest absolute Gasteiger partial charge is 0.153 e. The first-order valence-corrected chi connectivity index (χ1v) is 4.09. The molecule has 0 bridgehead atoms. The van der Waals surface area contributed by atoms with Gasteiger partial charge in [-0.05, 0) is 6.92 Å². The first-order chi connectivity index (χ1) is 5.70. The zero-order valence-corrected chi connectivity index (χ0v) is 7.62. The maximum Gasteiger partial charge on any atom is 0.153 e. The Hall–Kier alpha value is -0.800. The van der Waals surface area contributed by atoms with Crippen LogP contribution < -0.4 is 0 Å². The molecule has 0 radical (unpaired) electrons. The molecular weight excluding hydrogens is 176 g/mol. The quantitative estimate of drug-likeness (QED) is 0.731. The lowest BCUT2D eigenvalue weighted by Gasteiger charge is -2.08. The van der Waals surface area contributed by atoms with Gasteiger partial charge in [-0.1, -0.05) is 17.7 Å². The molecule has 1 aromatic rings. The lowest BCUT2D eigenvalue weighted by atomic mass is 10.2. The van der Waals surface area contributed by atoms with Crippen LogP contribution in [0, 0.1) is 0 Å². The van der Waals surface area contributed by atoms with Gasteiger partial charge in [-0.2, -0.15) is 0 Å². The third-order valence-corrected chi connectivity index (χ3v) is 1.97. The molecule has 0 aliphatic carbocycles. The fourth-order valence-electron chi connectivity index (χ4n) is 1.02. The fourth-order valence-corrected chi connectivity index (χ4v) is 1.29. The molecular formula is C8H11ClN2O. The van der Waals surface area contributed by atoms with E-state index in [1.807, 2.05) is 6.92 Å². The van der Waals surface area contributed by atoms with Gasteiger partial charge in [0, 0.05) is 6.54 Å². The third-order valence-electron chi connectivity index (χ3n) is 1.68. The van der Waals surface area contributed by atoms with Crippen LogP contribution in [0.15, 0.2) is 19.0 Å². The molecule has 0 aromatic carbocycles. The van der Waals surface area contributed by atoms with Crippen molar-refractivity contribution < 1.29 is 5.11 Å². The number of aromatic nitrogens is 2. The molecule has 12 heavy (non-hydrogen) atoms. The van der Waals surface area contributed by atoms with Gasteiger partial charge in [-0.3, -0.25) is 0 Å². The van der Waals surface area contributed by atoms with E-state index in [1.54, 1.807) is 10.9 Å². The van der Waals surface area contributed by atoms with Crippen LogP contribution in [0.5, 0.6) is 0 Å². The van der Waals surface area contributed by atoms with Crippen molar-refractivity contribution in [3.8, 4) is 0 Å². The average molecular weight is 187 g/mol. The summed E-state index contributed by atoms with van der Waals surface area (Å²) in [5.74, 6) is 0. The van der Waals surface area contributed by atoms with E-state index >= 15 is 0 Å². The van der Waals surface area contributed by atoms with Crippen LogP contribution in [0.2, 0.25) is 5.15 Å². The standard InChI is InChI=1S/C8H11ClN2O/c1-3-6(12)7-8(9)10-5-11(7)4-2/h3,5-6,12H,1,4H2,2H3. The largest absolute Gasteiger partial charge is 0.383 e. The number of nitrogens with zero attached hydrogens (tertiary/aromatic N) is 2. The summed E-state index contributed by atoms with van der Waals surface area (Å²) in [5, 5.41) is 9.78. The van der Waals surface area contributed by atoms with E-state index in [2.05, 4.69) is 11.6 Å². The molecule has 0 spiro atoms. The summed E-state index contributed by atoms with van der Waals surface area (Å²) >= 11 is 5.76. The van der Waals surface area contributed by atoms with E-state index < -0.39 is 6.10 Å². The lowest BCUT2D eigenvalue weighted by molar-refractivity contribution is 0.219. The summed E-state index contributed by atoms with van der Waals surface area (Å²) in [5.41, 5.74) is 0.606. The van der Waals surface area contributed by atoms with Crippen LogP contribution >= 0.6 is 11.6 Å². The summed E-state index contributed by atoms with van der Waals surface area (Å²) in [6.07, 6.45) is 2.29. The van der Waals surface area contributed by atoms with Gasteiger partial charge in [0.25, 0.3) is 0 Å². The number of aryl methyl sites for hydroxylation is 1. The molecule has 1 N–H and O–H groups in total. The average Bonchev–Trinajstić information content (AvgIpc) is 2.45. The van der Waals surface area contributed by atoms with Crippen molar-refractivity contribution in [2.24, 2.45) is 0 Å². The summed E-state index contributed by atoms with van der Waals surface area (Å²) in [4.78, 5) is 3.88. The summed E-state index contributed by atoms with van der Waals surface area (Å²) < 4.78 is 1.79. The highest BCUT2D eigenvalue weighted by molar-refractivity contribution is 6.30. The Balaban J connectivity index is 3.09. The Bertz CT molecular complexity index is 283. The van der Waals surface area contributed by atoms with E-state index in [-0.39, 0.29) is 0 Å². The van der Waals surface area contributed by atoms with Crippen LogP contribution in [0.3, 0.4) is 0 Å². The highest BCUT2D eigenvalue weighted by Gasteiger charge is 2.13. The molecule has 0 saturated carbocycles. The van der Waals surface area contributed by atoms with Gasteiger partial charge in [0.2, 0.25) is 0 Å².